The van der Waals surface area contributed by atoms with Crippen LogP contribution in [0.15, 0.2) is 16.7 Å². The number of halogens is 3. The lowest BCUT2D eigenvalue weighted by Crippen LogP contribution is -2.27. The largest absolute Gasteiger partial charge is 0.469 e. The molecule has 0 radical (unpaired) electrons. The van der Waals surface area contributed by atoms with Crippen LogP contribution in [0.4, 0.5) is 4.39 Å². The average molecular weight is 296 g/mol. The second-order valence-electron chi connectivity index (χ2n) is 3.27. The third-order valence-corrected chi connectivity index (χ3v) is 2.90. The Morgan fingerprint density at radius 3 is 3.00 bits per heavy atom. The first-order valence-electron chi connectivity index (χ1n) is 4.49. The summed E-state index contributed by atoms with van der Waals surface area (Å²) in [7, 11) is 0. The number of ether oxygens (including phenoxy) is 1. The van der Waals surface area contributed by atoms with Crippen LogP contribution < -0.4 is 10.1 Å². The van der Waals surface area contributed by atoms with Crippen LogP contribution >= 0.6 is 27.5 Å². The number of pyridine rings is 1. The Kier molecular flexibility index (Phi) is 3.43. The van der Waals surface area contributed by atoms with Gasteiger partial charge in [-0.2, -0.15) is 0 Å². The first kappa shape index (κ1) is 11.1. The summed E-state index contributed by atoms with van der Waals surface area (Å²) >= 11 is 8.99. The van der Waals surface area contributed by atoms with Crippen LogP contribution in [-0.2, 0) is 0 Å². The van der Waals surface area contributed by atoms with Crippen molar-refractivity contribution in [2.45, 2.75) is 12.3 Å². The Hall–Kier alpha value is -0.390. The third-order valence-electron chi connectivity index (χ3n) is 2.13. The maximum absolute atomic E-state index is 13.2. The number of hydrogen-bond acceptors (Lipinski definition) is 3. The summed E-state index contributed by atoms with van der Waals surface area (Å²) in [4.78, 5) is 3.98. The molecule has 2 unspecified atom stereocenters. The van der Waals surface area contributed by atoms with Crippen LogP contribution in [0.1, 0.15) is 0 Å². The van der Waals surface area contributed by atoms with Crippen LogP contribution in [0.3, 0.4) is 0 Å². The molecule has 0 saturated carbocycles. The van der Waals surface area contributed by atoms with Gasteiger partial charge in [0.25, 0.3) is 0 Å². The summed E-state index contributed by atoms with van der Waals surface area (Å²) in [5.41, 5.74) is 0. The van der Waals surface area contributed by atoms with Gasteiger partial charge in [0, 0.05) is 19.3 Å². The molecule has 0 aromatic carbocycles. The zero-order valence-corrected chi connectivity index (χ0v) is 10.1. The van der Waals surface area contributed by atoms with E-state index in [1.165, 1.54) is 6.20 Å². The number of hydrogen-bond donors (Lipinski definition) is 1. The van der Waals surface area contributed by atoms with Crippen molar-refractivity contribution in [3.05, 3.63) is 21.8 Å². The highest BCUT2D eigenvalue weighted by atomic mass is 79.9. The van der Waals surface area contributed by atoms with E-state index >= 15 is 0 Å². The van der Waals surface area contributed by atoms with Gasteiger partial charge in [0.1, 0.15) is 6.10 Å². The van der Waals surface area contributed by atoms with Gasteiger partial charge in [-0.1, -0.05) is 11.6 Å². The number of nitrogens with one attached hydrogen (secondary N) is 1. The van der Waals surface area contributed by atoms with Gasteiger partial charge in [-0.15, -0.1) is 0 Å². The van der Waals surface area contributed by atoms with E-state index in [4.69, 9.17) is 16.3 Å². The van der Waals surface area contributed by atoms with E-state index in [2.05, 4.69) is 26.2 Å². The molecule has 1 aliphatic heterocycles. The smallest absolute Gasteiger partial charge is 0.228 e. The molecule has 2 heterocycles. The molecular formula is C9H9BrClFN2O. The number of aromatic nitrogens is 1. The Morgan fingerprint density at radius 1 is 1.60 bits per heavy atom. The second kappa shape index (κ2) is 4.63. The van der Waals surface area contributed by atoms with Gasteiger partial charge in [-0.3, -0.25) is 0 Å². The highest BCUT2D eigenvalue weighted by Gasteiger charge is 2.29. The summed E-state index contributed by atoms with van der Waals surface area (Å²) in [5, 5.41) is 3.41. The predicted molar refractivity (Wildman–Crippen MR) is 59.1 cm³/mol. The van der Waals surface area contributed by atoms with Gasteiger partial charge >= 0.3 is 0 Å². The third kappa shape index (κ3) is 2.59. The normalized spacial score (nSPS) is 25.5. The van der Waals surface area contributed by atoms with Crippen molar-refractivity contribution in [3.63, 3.8) is 0 Å². The van der Waals surface area contributed by atoms with E-state index < -0.39 is 12.3 Å². The quantitative estimate of drug-likeness (QED) is 0.908. The molecule has 1 N–H and O–H groups in total. The maximum atomic E-state index is 13.2. The fourth-order valence-corrected chi connectivity index (χ4v) is 2.10. The Bertz CT molecular complexity index is 366. The second-order valence-corrected chi connectivity index (χ2v) is 4.56. The topological polar surface area (TPSA) is 34.1 Å². The van der Waals surface area contributed by atoms with Gasteiger partial charge < -0.3 is 10.1 Å². The molecule has 82 valence electrons. The SMILES string of the molecule is FC1CNCC1Oc1ncc(Cl)cc1Br. The molecule has 15 heavy (non-hydrogen) atoms. The monoisotopic (exact) mass is 294 g/mol. The molecule has 0 spiro atoms. The van der Waals surface area contributed by atoms with E-state index in [1.54, 1.807) is 6.07 Å². The number of alkyl halides is 1. The van der Waals surface area contributed by atoms with Crippen LogP contribution in [-0.4, -0.2) is 30.3 Å². The van der Waals surface area contributed by atoms with Crippen molar-refractivity contribution in [2.24, 2.45) is 0 Å². The summed E-state index contributed by atoms with van der Waals surface area (Å²) < 4.78 is 19.3. The van der Waals surface area contributed by atoms with Crippen LogP contribution in [0.2, 0.25) is 5.02 Å². The summed E-state index contributed by atoms with van der Waals surface area (Å²) in [6.07, 6.45) is 0.00132. The lowest BCUT2D eigenvalue weighted by atomic mass is 10.3. The fraction of sp³-hybridized carbons (Fsp3) is 0.444. The minimum Gasteiger partial charge on any atom is -0.469 e. The zero-order chi connectivity index (χ0) is 10.8. The molecule has 6 heteroatoms. The first-order chi connectivity index (χ1) is 7.16. The van der Waals surface area contributed by atoms with Crippen molar-refractivity contribution in [1.82, 2.24) is 10.3 Å². The fourth-order valence-electron chi connectivity index (χ4n) is 1.37. The molecule has 1 fully saturated rings. The van der Waals surface area contributed by atoms with Gasteiger partial charge in [-0.05, 0) is 22.0 Å². The maximum Gasteiger partial charge on any atom is 0.228 e. The molecule has 2 rings (SSSR count). The van der Waals surface area contributed by atoms with Gasteiger partial charge in [0.2, 0.25) is 5.88 Å². The van der Waals surface area contributed by atoms with E-state index in [1.807, 2.05) is 0 Å². The van der Waals surface area contributed by atoms with Crippen LogP contribution in [0.5, 0.6) is 5.88 Å². The molecule has 0 amide bonds. The standard InChI is InChI=1S/C9H9BrClFN2O/c10-6-1-5(11)2-14-9(6)15-8-4-13-3-7(8)12/h1-2,7-8,13H,3-4H2. The molecule has 1 aromatic heterocycles. The van der Waals surface area contributed by atoms with Crippen molar-refractivity contribution >= 4 is 27.5 Å². The molecule has 1 saturated heterocycles. The Balaban J connectivity index is 2.10. The van der Waals surface area contributed by atoms with Crippen molar-refractivity contribution in [2.75, 3.05) is 13.1 Å². The van der Waals surface area contributed by atoms with Crippen LogP contribution in [0, 0.1) is 0 Å². The summed E-state index contributed by atoms with van der Waals surface area (Å²) in [5.74, 6) is 0.371. The van der Waals surface area contributed by atoms with Crippen molar-refractivity contribution in [3.8, 4) is 5.88 Å². The lowest BCUT2D eigenvalue weighted by Gasteiger charge is -2.14. The molecule has 1 aromatic rings. The van der Waals surface area contributed by atoms with Gasteiger partial charge in [0.15, 0.2) is 6.17 Å². The summed E-state index contributed by atoms with van der Waals surface area (Å²) in [6, 6.07) is 1.67. The van der Waals surface area contributed by atoms with Gasteiger partial charge in [-0.25, -0.2) is 9.37 Å². The van der Waals surface area contributed by atoms with E-state index in [9.17, 15) is 4.39 Å². The number of rotatable bonds is 2. The minimum atomic E-state index is -0.991. The van der Waals surface area contributed by atoms with Gasteiger partial charge in [0.05, 0.1) is 9.50 Å². The minimum absolute atomic E-state index is 0.329. The first-order valence-corrected chi connectivity index (χ1v) is 5.66. The number of nitrogens with zero attached hydrogens (tertiary/aromatic N) is 1. The highest BCUT2D eigenvalue weighted by Crippen LogP contribution is 2.27. The summed E-state index contributed by atoms with van der Waals surface area (Å²) in [6.45, 7) is 0.827. The molecule has 0 bridgehead atoms. The zero-order valence-electron chi connectivity index (χ0n) is 7.71. The van der Waals surface area contributed by atoms with E-state index in [0.29, 0.717) is 28.5 Å². The molecule has 1 aliphatic rings. The predicted octanol–water partition coefficient (Wildman–Crippen LogP) is 2.19. The Morgan fingerprint density at radius 2 is 2.40 bits per heavy atom. The molecule has 2 atom stereocenters. The molecule has 3 nitrogen and oxygen atoms in total. The van der Waals surface area contributed by atoms with Crippen LogP contribution in [0.25, 0.3) is 0 Å². The van der Waals surface area contributed by atoms with Crippen molar-refractivity contribution < 1.29 is 9.13 Å². The lowest BCUT2D eigenvalue weighted by molar-refractivity contribution is 0.133. The van der Waals surface area contributed by atoms with Crippen molar-refractivity contribution in [1.29, 1.82) is 0 Å². The Labute approximate surface area is 100 Å². The highest BCUT2D eigenvalue weighted by molar-refractivity contribution is 9.10. The molecular weight excluding hydrogens is 286 g/mol. The van der Waals surface area contributed by atoms with E-state index in [0.717, 1.165) is 0 Å². The molecule has 0 aliphatic carbocycles. The van der Waals surface area contributed by atoms with E-state index in [-0.39, 0.29) is 0 Å². The average Bonchev–Trinajstić information content (AvgIpc) is 2.57.